The SMILES string of the molecule is CCCNC(COc1ccc(F)cc1C)C(C)C. The van der Waals surface area contributed by atoms with Crippen molar-refractivity contribution >= 4 is 0 Å². The molecule has 0 bridgehead atoms. The van der Waals surface area contributed by atoms with Gasteiger partial charge in [0.25, 0.3) is 0 Å². The molecule has 1 N–H and O–H groups in total. The number of rotatable bonds is 7. The van der Waals surface area contributed by atoms with Crippen LogP contribution in [0.1, 0.15) is 32.8 Å². The predicted molar refractivity (Wildman–Crippen MR) is 73.6 cm³/mol. The van der Waals surface area contributed by atoms with Crippen molar-refractivity contribution in [3.05, 3.63) is 29.6 Å². The summed E-state index contributed by atoms with van der Waals surface area (Å²) in [6, 6.07) is 4.96. The summed E-state index contributed by atoms with van der Waals surface area (Å²) < 4.78 is 18.8. The molecule has 3 heteroatoms. The number of hydrogen-bond acceptors (Lipinski definition) is 2. The van der Waals surface area contributed by atoms with E-state index in [9.17, 15) is 4.39 Å². The largest absolute Gasteiger partial charge is 0.492 e. The van der Waals surface area contributed by atoms with Gasteiger partial charge in [0.05, 0.1) is 0 Å². The van der Waals surface area contributed by atoms with Crippen molar-refractivity contribution in [2.45, 2.75) is 40.2 Å². The van der Waals surface area contributed by atoms with Crippen LogP contribution in [0.2, 0.25) is 0 Å². The van der Waals surface area contributed by atoms with Gasteiger partial charge in [-0.15, -0.1) is 0 Å². The highest BCUT2D eigenvalue weighted by molar-refractivity contribution is 5.32. The maximum absolute atomic E-state index is 13.0. The average Bonchev–Trinajstić information content (AvgIpc) is 2.31. The Kier molecular flexibility index (Phi) is 6.13. The second-order valence-corrected chi connectivity index (χ2v) is 5.03. The van der Waals surface area contributed by atoms with Gasteiger partial charge in [-0.25, -0.2) is 4.39 Å². The van der Waals surface area contributed by atoms with Gasteiger partial charge in [-0.3, -0.25) is 0 Å². The molecule has 1 rings (SSSR count). The van der Waals surface area contributed by atoms with Crippen LogP contribution in [0.3, 0.4) is 0 Å². The van der Waals surface area contributed by atoms with E-state index in [-0.39, 0.29) is 5.82 Å². The van der Waals surface area contributed by atoms with Gasteiger partial charge in [-0.2, -0.15) is 0 Å². The molecule has 0 aliphatic carbocycles. The summed E-state index contributed by atoms with van der Waals surface area (Å²) in [7, 11) is 0. The van der Waals surface area contributed by atoms with E-state index in [4.69, 9.17) is 4.74 Å². The van der Waals surface area contributed by atoms with Gasteiger partial charge in [0.1, 0.15) is 18.2 Å². The third kappa shape index (κ3) is 4.65. The van der Waals surface area contributed by atoms with Crippen LogP contribution in [-0.4, -0.2) is 19.2 Å². The second kappa shape index (κ2) is 7.37. The minimum absolute atomic E-state index is 0.218. The zero-order chi connectivity index (χ0) is 13.5. The molecule has 0 saturated carbocycles. The molecular formula is C15H24FNO. The Morgan fingerprint density at radius 3 is 2.61 bits per heavy atom. The summed E-state index contributed by atoms with van der Waals surface area (Å²) in [6.45, 7) is 9.97. The van der Waals surface area contributed by atoms with Gasteiger partial charge in [0.15, 0.2) is 0 Å². The summed E-state index contributed by atoms with van der Waals surface area (Å²) in [4.78, 5) is 0. The van der Waals surface area contributed by atoms with Crippen LogP contribution in [0, 0.1) is 18.7 Å². The zero-order valence-corrected chi connectivity index (χ0v) is 11.8. The van der Waals surface area contributed by atoms with Gasteiger partial charge in [0, 0.05) is 6.04 Å². The molecule has 2 nitrogen and oxygen atoms in total. The minimum Gasteiger partial charge on any atom is -0.492 e. The van der Waals surface area contributed by atoms with Crippen molar-refractivity contribution in [1.29, 1.82) is 0 Å². The number of benzene rings is 1. The maximum Gasteiger partial charge on any atom is 0.123 e. The van der Waals surface area contributed by atoms with Gasteiger partial charge >= 0.3 is 0 Å². The first-order chi connectivity index (χ1) is 8.54. The van der Waals surface area contributed by atoms with E-state index >= 15 is 0 Å². The first-order valence-electron chi connectivity index (χ1n) is 6.67. The Balaban J connectivity index is 2.55. The minimum atomic E-state index is -0.218. The van der Waals surface area contributed by atoms with Crippen molar-refractivity contribution in [2.24, 2.45) is 5.92 Å². The first-order valence-corrected chi connectivity index (χ1v) is 6.67. The van der Waals surface area contributed by atoms with Crippen LogP contribution in [0.4, 0.5) is 4.39 Å². The standard InChI is InChI=1S/C15H24FNO/c1-5-8-17-14(11(2)3)10-18-15-7-6-13(16)9-12(15)4/h6-7,9,11,14,17H,5,8,10H2,1-4H3. The summed E-state index contributed by atoms with van der Waals surface area (Å²) in [5.41, 5.74) is 0.841. The highest BCUT2D eigenvalue weighted by Gasteiger charge is 2.13. The predicted octanol–water partition coefficient (Wildman–Crippen LogP) is 3.54. The molecule has 1 aromatic rings. The molecule has 18 heavy (non-hydrogen) atoms. The second-order valence-electron chi connectivity index (χ2n) is 5.03. The van der Waals surface area contributed by atoms with Crippen LogP contribution in [0.5, 0.6) is 5.75 Å². The van der Waals surface area contributed by atoms with Crippen LogP contribution in [0.15, 0.2) is 18.2 Å². The molecule has 1 aromatic carbocycles. The number of nitrogens with one attached hydrogen (secondary N) is 1. The van der Waals surface area contributed by atoms with Crippen LogP contribution < -0.4 is 10.1 Å². The molecule has 0 heterocycles. The van der Waals surface area contributed by atoms with Crippen LogP contribution in [-0.2, 0) is 0 Å². The van der Waals surface area contributed by atoms with Gasteiger partial charge in [-0.05, 0) is 49.6 Å². The highest BCUT2D eigenvalue weighted by atomic mass is 19.1. The first kappa shape index (κ1) is 15.0. The molecular weight excluding hydrogens is 229 g/mol. The van der Waals surface area contributed by atoms with Gasteiger partial charge < -0.3 is 10.1 Å². The molecule has 0 aliphatic rings. The fourth-order valence-electron chi connectivity index (χ4n) is 1.77. The molecule has 1 atom stereocenters. The fourth-order valence-corrected chi connectivity index (χ4v) is 1.77. The molecule has 0 aromatic heterocycles. The lowest BCUT2D eigenvalue weighted by Gasteiger charge is -2.23. The van der Waals surface area contributed by atoms with E-state index in [1.54, 1.807) is 6.07 Å². The van der Waals surface area contributed by atoms with Crippen molar-refractivity contribution < 1.29 is 9.13 Å². The Labute approximate surface area is 110 Å². The summed E-state index contributed by atoms with van der Waals surface area (Å²) in [5, 5.41) is 3.47. The Bertz CT molecular complexity index is 366. The number of hydrogen-bond donors (Lipinski definition) is 1. The topological polar surface area (TPSA) is 21.3 Å². The van der Waals surface area contributed by atoms with Crippen molar-refractivity contribution in [1.82, 2.24) is 5.32 Å². The summed E-state index contributed by atoms with van der Waals surface area (Å²) >= 11 is 0. The number of halogens is 1. The number of ether oxygens (including phenoxy) is 1. The Hall–Kier alpha value is -1.09. The third-order valence-corrected chi connectivity index (χ3v) is 3.02. The lowest BCUT2D eigenvalue weighted by Crippen LogP contribution is -2.39. The lowest BCUT2D eigenvalue weighted by atomic mass is 10.1. The molecule has 0 radical (unpaired) electrons. The lowest BCUT2D eigenvalue weighted by molar-refractivity contribution is 0.229. The maximum atomic E-state index is 13.0. The third-order valence-electron chi connectivity index (χ3n) is 3.02. The summed E-state index contributed by atoms with van der Waals surface area (Å²) in [5.74, 6) is 1.06. The van der Waals surface area contributed by atoms with Crippen molar-refractivity contribution in [3.63, 3.8) is 0 Å². The monoisotopic (exact) mass is 253 g/mol. The molecule has 0 amide bonds. The molecule has 0 saturated heterocycles. The van der Waals surface area contributed by atoms with Gasteiger partial charge in [0.2, 0.25) is 0 Å². The fraction of sp³-hybridized carbons (Fsp3) is 0.600. The van der Waals surface area contributed by atoms with E-state index in [1.165, 1.54) is 12.1 Å². The van der Waals surface area contributed by atoms with E-state index in [1.807, 2.05) is 6.92 Å². The van der Waals surface area contributed by atoms with Crippen molar-refractivity contribution in [2.75, 3.05) is 13.2 Å². The Morgan fingerprint density at radius 1 is 1.33 bits per heavy atom. The molecule has 0 fully saturated rings. The zero-order valence-electron chi connectivity index (χ0n) is 11.8. The van der Waals surface area contributed by atoms with Crippen LogP contribution >= 0.6 is 0 Å². The van der Waals surface area contributed by atoms with E-state index in [2.05, 4.69) is 26.1 Å². The van der Waals surface area contributed by atoms with E-state index in [0.29, 0.717) is 18.6 Å². The molecule has 102 valence electrons. The average molecular weight is 253 g/mol. The molecule has 0 aliphatic heterocycles. The molecule has 0 spiro atoms. The van der Waals surface area contributed by atoms with Gasteiger partial charge in [-0.1, -0.05) is 20.8 Å². The van der Waals surface area contributed by atoms with E-state index < -0.39 is 0 Å². The molecule has 1 unspecified atom stereocenters. The highest BCUT2D eigenvalue weighted by Crippen LogP contribution is 2.19. The van der Waals surface area contributed by atoms with Crippen LogP contribution in [0.25, 0.3) is 0 Å². The Morgan fingerprint density at radius 2 is 2.06 bits per heavy atom. The summed E-state index contributed by atoms with van der Waals surface area (Å²) in [6.07, 6.45) is 1.11. The smallest absolute Gasteiger partial charge is 0.123 e. The van der Waals surface area contributed by atoms with Crippen molar-refractivity contribution in [3.8, 4) is 5.75 Å². The quantitative estimate of drug-likeness (QED) is 0.802. The normalized spacial score (nSPS) is 12.8. The number of aryl methyl sites for hydroxylation is 1. The van der Waals surface area contributed by atoms with E-state index in [0.717, 1.165) is 24.3 Å².